The number of hydrogen-bond acceptors (Lipinski definition) is 4. The molecule has 4 heteroatoms. The number of hydrogen-bond donors (Lipinski definition) is 0. The third-order valence-corrected chi connectivity index (χ3v) is 7.70. The fraction of sp³-hybridized carbons (Fsp3) is 0.696. The van der Waals surface area contributed by atoms with Crippen LogP contribution in [0.3, 0.4) is 0 Å². The Morgan fingerprint density at radius 3 is 2.33 bits per heavy atom. The highest BCUT2D eigenvalue weighted by atomic mass is 16.5. The van der Waals surface area contributed by atoms with Crippen molar-refractivity contribution in [3.63, 3.8) is 0 Å². The summed E-state index contributed by atoms with van der Waals surface area (Å²) in [6, 6.07) is 3.85. The van der Waals surface area contributed by atoms with E-state index < -0.39 is 0 Å². The number of benzene rings is 1. The summed E-state index contributed by atoms with van der Waals surface area (Å²) >= 11 is 0. The third-order valence-electron chi connectivity index (χ3n) is 7.70. The van der Waals surface area contributed by atoms with Gasteiger partial charge in [-0.15, -0.1) is 0 Å². The zero-order valence-corrected chi connectivity index (χ0v) is 17.7. The van der Waals surface area contributed by atoms with Crippen molar-refractivity contribution >= 4 is 5.78 Å². The lowest BCUT2D eigenvalue weighted by molar-refractivity contribution is -0.148. The first kappa shape index (κ1) is 20.0. The lowest BCUT2D eigenvalue weighted by Gasteiger charge is -2.57. The van der Waals surface area contributed by atoms with Gasteiger partial charge in [0.25, 0.3) is 0 Å². The monoisotopic (exact) mass is 374 g/mol. The molecule has 2 aliphatic carbocycles. The maximum atomic E-state index is 12.9. The van der Waals surface area contributed by atoms with Gasteiger partial charge in [-0.1, -0.05) is 20.8 Å². The van der Waals surface area contributed by atoms with E-state index in [2.05, 4.69) is 20.8 Å². The number of methoxy groups -OCH3 is 3. The van der Waals surface area contributed by atoms with Gasteiger partial charge in [-0.25, -0.2) is 0 Å². The van der Waals surface area contributed by atoms with Gasteiger partial charge in [-0.2, -0.15) is 0 Å². The van der Waals surface area contributed by atoms with Crippen LogP contribution < -0.4 is 14.2 Å². The first-order chi connectivity index (χ1) is 12.8. The van der Waals surface area contributed by atoms with E-state index in [0.717, 1.165) is 61.3 Å². The molecule has 0 unspecified atom stereocenters. The molecule has 0 amide bonds. The quantitative estimate of drug-likeness (QED) is 0.722. The minimum atomic E-state index is -0.196. The Bertz CT molecular complexity index is 713. The number of carbonyl (C=O) groups excluding carboxylic acids is 1. The average molecular weight is 375 g/mol. The number of ketones is 1. The Kier molecular flexibility index (Phi) is 5.47. The van der Waals surface area contributed by atoms with Crippen LogP contribution in [0, 0.1) is 22.7 Å². The molecule has 0 bridgehead atoms. The second-order valence-corrected chi connectivity index (χ2v) is 8.89. The molecule has 3 rings (SSSR count). The van der Waals surface area contributed by atoms with E-state index in [0.29, 0.717) is 17.6 Å². The van der Waals surface area contributed by atoms with Crippen LogP contribution in [0.1, 0.15) is 58.4 Å². The average Bonchev–Trinajstić information content (AvgIpc) is 2.66. The molecule has 1 aromatic rings. The summed E-state index contributed by atoms with van der Waals surface area (Å²) in [7, 11) is 5.04. The van der Waals surface area contributed by atoms with Crippen LogP contribution in [0.15, 0.2) is 12.1 Å². The van der Waals surface area contributed by atoms with E-state index in [9.17, 15) is 4.79 Å². The lowest BCUT2D eigenvalue weighted by Crippen LogP contribution is -2.54. The van der Waals surface area contributed by atoms with E-state index in [1.54, 1.807) is 21.3 Å². The van der Waals surface area contributed by atoms with Gasteiger partial charge in [-0.3, -0.25) is 4.79 Å². The Balaban J connectivity index is 2.08. The van der Waals surface area contributed by atoms with Crippen LogP contribution in [0.25, 0.3) is 0 Å². The fourth-order valence-corrected chi connectivity index (χ4v) is 5.84. The van der Waals surface area contributed by atoms with Gasteiger partial charge in [0.15, 0.2) is 11.5 Å². The van der Waals surface area contributed by atoms with Crippen molar-refractivity contribution in [3.8, 4) is 17.2 Å². The summed E-state index contributed by atoms with van der Waals surface area (Å²) in [6.45, 7) is 6.93. The van der Waals surface area contributed by atoms with Gasteiger partial charge in [0.1, 0.15) is 11.5 Å². The highest BCUT2D eigenvalue weighted by Gasteiger charge is 2.56. The normalized spacial score (nSPS) is 33.3. The minimum Gasteiger partial charge on any atom is -0.496 e. The first-order valence-corrected chi connectivity index (χ1v) is 10.1. The molecule has 0 spiro atoms. The fourth-order valence-electron chi connectivity index (χ4n) is 5.84. The summed E-state index contributed by atoms with van der Waals surface area (Å²) in [6.07, 6.45) is 5.80. The molecule has 27 heavy (non-hydrogen) atoms. The second-order valence-electron chi connectivity index (χ2n) is 8.89. The Hall–Kier alpha value is -1.71. The molecule has 2 fully saturated rings. The molecular weight excluding hydrogens is 340 g/mol. The molecule has 0 aromatic heterocycles. The van der Waals surface area contributed by atoms with Crippen LogP contribution in [0.4, 0.5) is 0 Å². The predicted octanol–water partition coefficient (Wildman–Crippen LogP) is 5.07. The SMILES string of the molecule is COc1ccc(OC)c(OC)c1C[C@]1(C)[C@@H](C)CC[C@@]2(C)C(=O)CCC[C@@H]12. The molecule has 0 heterocycles. The maximum absolute atomic E-state index is 12.9. The molecule has 0 saturated heterocycles. The van der Waals surface area contributed by atoms with Crippen molar-refractivity contribution in [1.29, 1.82) is 0 Å². The molecule has 0 aliphatic heterocycles. The van der Waals surface area contributed by atoms with Crippen molar-refractivity contribution in [1.82, 2.24) is 0 Å². The Labute approximate surface area is 163 Å². The van der Waals surface area contributed by atoms with E-state index >= 15 is 0 Å². The van der Waals surface area contributed by atoms with Crippen molar-refractivity contribution in [2.24, 2.45) is 22.7 Å². The molecule has 4 atom stereocenters. The minimum absolute atomic E-state index is 0.00993. The maximum Gasteiger partial charge on any atom is 0.167 e. The number of ether oxygens (including phenoxy) is 3. The topological polar surface area (TPSA) is 44.8 Å². The molecule has 2 saturated carbocycles. The molecule has 2 aliphatic rings. The second kappa shape index (κ2) is 7.37. The van der Waals surface area contributed by atoms with Crippen molar-refractivity contribution < 1.29 is 19.0 Å². The standard InChI is InChI=1S/C23H34O4/c1-15-12-13-22(2)19(8-7-9-20(22)24)23(15,3)14-16-17(25-4)10-11-18(26-5)21(16)27-6/h10-11,15,19H,7-9,12-14H2,1-6H3/t15-,19+,22+,23+/m0/s1. The van der Waals surface area contributed by atoms with Crippen LogP contribution in [-0.4, -0.2) is 27.1 Å². The van der Waals surface area contributed by atoms with Gasteiger partial charge >= 0.3 is 0 Å². The highest BCUT2D eigenvalue weighted by molar-refractivity contribution is 5.85. The lowest BCUT2D eigenvalue weighted by atomic mass is 9.46. The van der Waals surface area contributed by atoms with Gasteiger partial charge in [0.2, 0.25) is 0 Å². The third kappa shape index (κ3) is 3.11. The van der Waals surface area contributed by atoms with Crippen LogP contribution in [-0.2, 0) is 11.2 Å². The first-order valence-electron chi connectivity index (χ1n) is 10.1. The molecular formula is C23H34O4. The van der Waals surface area contributed by atoms with Crippen LogP contribution >= 0.6 is 0 Å². The number of fused-ring (bicyclic) bond motifs is 1. The zero-order chi connectivity index (χ0) is 19.8. The van der Waals surface area contributed by atoms with E-state index in [-0.39, 0.29) is 10.8 Å². The largest absolute Gasteiger partial charge is 0.496 e. The number of carbonyl (C=O) groups is 1. The van der Waals surface area contributed by atoms with Crippen LogP contribution in [0.2, 0.25) is 0 Å². The van der Waals surface area contributed by atoms with Gasteiger partial charge in [-0.05, 0) is 61.5 Å². The zero-order valence-electron chi connectivity index (χ0n) is 17.7. The van der Waals surface area contributed by atoms with E-state index in [1.807, 2.05) is 12.1 Å². The van der Waals surface area contributed by atoms with E-state index in [4.69, 9.17) is 14.2 Å². The van der Waals surface area contributed by atoms with Crippen molar-refractivity contribution in [2.75, 3.05) is 21.3 Å². The summed E-state index contributed by atoms with van der Waals surface area (Å²) in [5.41, 5.74) is 0.866. The molecule has 1 aromatic carbocycles. The Morgan fingerprint density at radius 1 is 1.04 bits per heavy atom. The van der Waals surface area contributed by atoms with Crippen LogP contribution in [0.5, 0.6) is 17.2 Å². The van der Waals surface area contributed by atoms with Gasteiger partial charge in [0.05, 0.1) is 21.3 Å². The number of rotatable bonds is 5. The molecule has 0 radical (unpaired) electrons. The summed E-state index contributed by atoms with van der Waals surface area (Å²) in [5, 5.41) is 0. The molecule has 150 valence electrons. The van der Waals surface area contributed by atoms with Gasteiger partial charge < -0.3 is 14.2 Å². The van der Waals surface area contributed by atoms with Gasteiger partial charge in [0, 0.05) is 17.4 Å². The highest BCUT2D eigenvalue weighted by Crippen LogP contribution is 2.60. The predicted molar refractivity (Wildman–Crippen MR) is 107 cm³/mol. The number of Topliss-reactive ketones (excluding diaryl/α,β-unsaturated/α-hetero) is 1. The molecule has 0 N–H and O–H groups in total. The van der Waals surface area contributed by atoms with E-state index in [1.165, 1.54) is 0 Å². The summed E-state index contributed by atoms with van der Waals surface area (Å²) < 4.78 is 17.0. The smallest absolute Gasteiger partial charge is 0.167 e. The van der Waals surface area contributed by atoms with Crippen molar-refractivity contribution in [2.45, 2.75) is 59.3 Å². The molecule has 4 nitrogen and oxygen atoms in total. The van der Waals surface area contributed by atoms with Crippen molar-refractivity contribution in [3.05, 3.63) is 17.7 Å². The Morgan fingerprint density at radius 2 is 1.70 bits per heavy atom. The summed E-state index contributed by atoms with van der Waals surface area (Å²) in [5.74, 6) is 3.68. The summed E-state index contributed by atoms with van der Waals surface area (Å²) in [4.78, 5) is 12.9.